The van der Waals surface area contributed by atoms with Crippen LogP contribution in [0.5, 0.6) is 0 Å². The first-order chi connectivity index (χ1) is 8.63. The van der Waals surface area contributed by atoms with Crippen molar-refractivity contribution < 1.29 is 9.18 Å². The molecule has 18 heavy (non-hydrogen) atoms. The molecule has 0 fully saturated rings. The summed E-state index contributed by atoms with van der Waals surface area (Å²) < 4.78 is 13.7. The van der Waals surface area contributed by atoms with E-state index in [0.717, 1.165) is 11.6 Å². The van der Waals surface area contributed by atoms with Crippen molar-refractivity contribution in [3.05, 3.63) is 64.2 Å². The fourth-order valence-electron chi connectivity index (χ4n) is 1.75. The Morgan fingerprint density at radius 3 is 2.78 bits per heavy atom. The first-order valence-electron chi connectivity index (χ1n) is 5.56. The summed E-state index contributed by atoms with van der Waals surface area (Å²) in [5.41, 5.74) is 1.31. The molecule has 0 bridgehead atoms. The third-order valence-corrected chi connectivity index (χ3v) is 2.94. The van der Waals surface area contributed by atoms with Crippen molar-refractivity contribution in [2.45, 2.75) is 13.3 Å². The highest BCUT2D eigenvalue weighted by atomic mass is 35.5. The zero-order valence-electron chi connectivity index (χ0n) is 9.78. The van der Waals surface area contributed by atoms with E-state index in [9.17, 15) is 9.18 Å². The van der Waals surface area contributed by atoms with E-state index in [2.05, 4.69) is 4.98 Å². The van der Waals surface area contributed by atoms with Crippen LogP contribution in [0.4, 0.5) is 4.39 Å². The lowest BCUT2D eigenvalue weighted by Gasteiger charge is -2.07. The lowest BCUT2D eigenvalue weighted by Crippen LogP contribution is -2.07. The second-order valence-electron chi connectivity index (χ2n) is 3.84. The Labute approximate surface area is 109 Å². The molecule has 4 heteroatoms. The van der Waals surface area contributed by atoms with E-state index >= 15 is 0 Å². The van der Waals surface area contributed by atoms with Crippen LogP contribution in [0.2, 0.25) is 5.02 Å². The van der Waals surface area contributed by atoms with E-state index in [4.69, 9.17) is 11.6 Å². The minimum absolute atomic E-state index is 0.0281. The molecule has 0 N–H and O–H groups in total. The van der Waals surface area contributed by atoms with Gasteiger partial charge in [0, 0.05) is 23.0 Å². The summed E-state index contributed by atoms with van der Waals surface area (Å²) in [5.74, 6) is -0.949. The first kappa shape index (κ1) is 12.7. The number of pyridine rings is 1. The van der Waals surface area contributed by atoms with Gasteiger partial charge in [-0.05, 0) is 36.2 Å². The number of ketones is 1. The predicted octanol–water partition coefficient (Wildman–Crippen LogP) is 3.67. The largest absolute Gasteiger partial charge is 0.288 e. The summed E-state index contributed by atoms with van der Waals surface area (Å²) in [4.78, 5) is 16.2. The highest BCUT2D eigenvalue weighted by molar-refractivity contribution is 6.30. The maximum absolute atomic E-state index is 13.7. The Morgan fingerprint density at radius 1 is 1.33 bits per heavy atom. The quantitative estimate of drug-likeness (QED) is 0.791. The van der Waals surface area contributed by atoms with Gasteiger partial charge in [0.05, 0.1) is 5.56 Å². The van der Waals surface area contributed by atoms with Crippen LogP contribution in [0, 0.1) is 5.82 Å². The smallest absolute Gasteiger partial charge is 0.196 e. The number of hydrogen-bond acceptors (Lipinski definition) is 2. The van der Waals surface area contributed by atoms with E-state index < -0.39 is 5.82 Å². The molecule has 0 spiro atoms. The SMILES string of the molecule is CCc1cnccc1C(=O)c1ccc(Cl)cc1F. The first-order valence-corrected chi connectivity index (χ1v) is 5.94. The third-order valence-electron chi connectivity index (χ3n) is 2.70. The highest BCUT2D eigenvalue weighted by Gasteiger charge is 2.16. The van der Waals surface area contributed by atoms with E-state index in [0.29, 0.717) is 12.0 Å². The molecule has 2 aromatic rings. The number of hydrogen-bond donors (Lipinski definition) is 0. The average molecular weight is 264 g/mol. The molecular formula is C14H11ClFNO. The summed E-state index contributed by atoms with van der Waals surface area (Å²) in [5, 5.41) is 0.273. The minimum atomic E-state index is -0.605. The normalized spacial score (nSPS) is 10.4. The Kier molecular flexibility index (Phi) is 3.72. The second-order valence-corrected chi connectivity index (χ2v) is 4.28. The molecule has 0 aliphatic carbocycles. The topological polar surface area (TPSA) is 30.0 Å². The van der Waals surface area contributed by atoms with Gasteiger partial charge in [0.15, 0.2) is 5.78 Å². The number of rotatable bonds is 3. The van der Waals surface area contributed by atoms with Gasteiger partial charge in [0.25, 0.3) is 0 Å². The van der Waals surface area contributed by atoms with Crippen molar-refractivity contribution in [3.63, 3.8) is 0 Å². The Hall–Kier alpha value is -1.74. The fraction of sp³-hybridized carbons (Fsp3) is 0.143. The van der Waals surface area contributed by atoms with Crippen molar-refractivity contribution in [2.24, 2.45) is 0 Å². The molecule has 0 saturated carbocycles. The molecule has 0 aliphatic heterocycles. The Balaban J connectivity index is 2.48. The molecule has 0 radical (unpaired) electrons. The molecule has 0 unspecified atom stereocenters. The van der Waals surface area contributed by atoms with Crippen molar-refractivity contribution >= 4 is 17.4 Å². The van der Waals surface area contributed by atoms with Crippen molar-refractivity contribution in [1.82, 2.24) is 4.98 Å². The predicted molar refractivity (Wildman–Crippen MR) is 68.5 cm³/mol. The van der Waals surface area contributed by atoms with Crippen molar-refractivity contribution in [3.8, 4) is 0 Å². The van der Waals surface area contributed by atoms with E-state index in [1.165, 1.54) is 18.3 Å². The number of aromatic nitrogens is 1. The lowest BCUT2D eigenvalue weighted by atomic mass is 9.98. The van der Waals surface area contributed by atoms with Crippen LogP contribution in [0.25, 0.3) is 0 Å². The lowest BCUT2D eigenvalue weighted by molar-refractivity contribution is 0.103. The minimum Gasteiger partial charge on any atom is -0.288 e. The molecule has 0 atom stereocenters. The molecule has 0 aliphatic rings. The summed E-state index contributed by atoms with van der Waals surface area (Å²) >= 11 is 5.66. The zero-order chi connectivity index (χ0) is 13.1. The monoisotopic (exact) mass is 263 g/mol. The summed E-state index contributed by atoms with van der Waals surface area (Å²) in [6.45, 7) is 1.92. The van der Waals surface area contributed by atoms with Crippen LogP contribution < -0.4 is 0 Å². The average Bonchev–Trinajstić information content (AvgIpc) is 2.38. The number of aryl methyl sites for hydroxylation is 1. The van der Waals surface area contributed by atoms with E-state index in [1.807, 2.05) is 6.92 Å². The maximum atomic E-state index is 13.7. The third kappa shape index (κ3) is 2.41. The van der Waals surface area contributed by atoms with Crippen LogP contribution in [-0.2, 0) is 6.42 Å². The Morgan fingerprint density at radius 2 is 2.11 bits per heavy atom. The number of carbonyl (C=O) groups excluding carboxylic acids is 1. The van der Waals surface area contributed by atoms with Crippen LogP contribution in [0.3, 0.4) is 0 Å². The molecule has 0 amide bonds. The van der Waals surface area contributed by atoms with Gasteiger partial charge in [-0.1, -0.05) is 18.5 Å². The van der Waals surface area contributed by atoms with Gasteiger partial charge in [0.2, 0.25) is 0 Å². The van der Waals surface area contributed by atoms with Crippen LogP contribution in [0.1, 0.15) is 28.4 Å². The second kappa shape index (κ2) is 5.27. The van der Waals surface area contributed by atoms with Gasteiger partial charge in [-0.3, -0.25) is 9.78 Å². The molecule has 0 saturated heterocycles. The van der Waals surface area contributed by atoms with Gasteiger partial charge >= 0.3 is 0 Å². The number of halogens is 2. The van der Waals surface area contributed by atoms with Gasteiger partial charge in [-0.15, -0.1) is 0 Å². The number of carbonyl (C=O) groups is 1. The Bertz CT molecular complexity index is 598. The van der Waals surface area contributed by atoms with Crippen LogP contribution in [0.15, 0.2) is 36.7 Å². The van der Waals surface area contributed by atoms with Crippen LogP contribution >= 0.6 is 11.6 Å². The van der Waals surface area contributed by atoms with Gasteiger partial charge in [-0.25, -0.2) is 4.39 Å². The summed E-state index contributed by atoms with van der Waals surface area (Å²) in [6.07, 6.45) is 3.82. The van der Waals surface area contributed by atoms with Gasteiger partial charge in [0.1, 0.15) is 5.82 Å². The van der Waals surface area contributed by atoms with Gasteiger partial charge < -0.3 is 0 Å². The maximum Gasteiger partial charge on any atom is 0.196 e. The summed E-state index contributed by atoms with van der Waals surface area (Å²) in [7, 11) is 0. The standard InChI is InChI=1S/C14H11ClFNO/c1-2-9-8-17-6-5-11(9)14(18)12-4-3-10(15)7-13(12)16/h3-8H,2H2,1H3. The van der Waals surface area contributed by atoms with E-state index in [1.54, 1.807) is 12.3 Å². The molecule has 1 aromatic heterocycles. The molecule has 1 heterocycles. The number of nitrogens with zero attached hydrogens (tertiary/aromatic N) is 1. The molecule has 92 valence electrons. The fourth-order valence-corrected chi connectivity index (χ4v) is 1.91. The molecule has 1 aromatic carbocycles. The molecule has 2 nitrogen and oxygen atoms in total. The van der Waals surface area contributed by atoms with Crippen LogP contribution in [-0.4, -0.2) is 10.8 Å². The molecular weight excluding hydrogens is 253 g/mol. The molecule has 2 rings (SSSR count). The number of benzene rings is 1. The van der Waals surface area contributed by atoms with Crippen molar-refractivity contribution in [2.75, 3.05) is 0 Å². The van der Waals surface area contributed by atoms with Crippen molar-refractivity contribution in [1.29, 1.82) is 0 Å². The van der Waals surface area contributed by atoms with E-state index in [-0.39, 0.29) is 16.4 Å². The van der Waals surface area contributed by atoms with Gasteiger partial charge in [-0.2, -0.15) is 0 Å². The highest BCUT2D eigenvalue weighted by Crippen LogP contribution is 2.19. The zero-order valence-corrected chi connectivity index (χ0v) is 10.5. The summed E-state index contributed by atoms with van der Waals surface area (Å²) in [6, 6.07) is 5.65.